The van der Waals surface area contributed by atoms with E-state index in [2.05, 4.69) is 5.16 Å². The van der Waals surface area contributed by atoms with E-state index >= 15 is 0 Å². The summed E-state index contributed by atoms with van der Waals surface area (Å²) in [6.45, 7) is 5.97. The molecule has 1 saturated heterocycles. The number of benzene rings is 1. The molecule has 2 aliphatic rings. The summed E-state index contributed by atoms with van der Waals surface area (Å²) in [5.74, 6) is 0.528. The van der Waals surface area contributed by atoms with Gasteiger partial charge in [0.15, 0.2) is 0 Å². The van der Waals surface area contributed by atoms with Crippen molar-refractivity contribution in [2.45, 2.75) is 38.6 Å². The highest BCUT2D eigenvalue weighted by molar-refractivity contribution is 8.03. The molecule has 1 aromatic carbocycles. The third-order valence-corrected chi connectivity index (χ3v) is 6.03. The Morgan fingerprint density at radius 1 is 1.19 bits per heavy atom. The average Bonchev–Trinajstić information content (AvgIpc) is 3.22. The molecule has 134 valence electrons. The van der Waals surface area contributed by atoms with Crippen LogP contribution in [0.25, 0.3) is 0 Å². The number of aryl methyl sites for hydroxylation is 3. The van der Waals surface area contributed by atoms with Gasteiger partial charge < -0.3 is 9.42 Å². The molecule has 2 atom stereocenters. The van der Waals surface area contributed by atoms with Gasteiger partial charge in [-0.2, -0.15) is 0 Å². The smallest absolute Gasteiger partial charge is 0.332 e. The van der Waals surface area contributed by atoms with E-state index < -0.39 is 0 Å². The van der Waals surface area contributed by atoms with Crippen LogP contribution in [-0.2, 0) is 11.3 Å². The van der Waals surface area contributed by atoms with Crippen molar-refractivity contribution in [2.75, 3.05) is 4.90 Å². The van der Waals surface area contributed by atoms with Gasteiger partial charge in [0, 0.05) is 5.56 Å². The number of amides is 3. The number of hydrogen-bond acceptors (Lipinski definition) is 5. The second kappa shape index (κ2) is 6.32. The van der Waals surface area contributed by atoms with Crippen LogP contribution in [0.2, 0.25) is 0 Å². The first kappa shape index (κ1) is 16.9. The van der Waals surface area contributed by atoms with Gasteiger partial charge >= 0.3 is 6.03 Å². The number of para-hydroxylation sites is 1. The molecule has 6 nitrogen and oxygen atoms in total. The Labute approximate surface area is 155 Å². The molecule has 0 bridgehead atoms. The number of carbonyl (C=O) groups is 2. The number of rotatable bonds is 3. The zero-order valence-corrected chi connectivity index (χ0v) is 15.6. The topological polar surface area (TPSA) is 66.7 Å². The Morgan fingerprint density at radius 3 is 2.65 bits per heavy atom. The monoisotopic (exact) mass is 369 g/mol. The summed E-state index contributed by atoms with van der Waals surface area (Å²) in [5, 5.41) is 5.56. The van der Waals surface area contributed by atoms with E-state index in [1.807, 2.05) is 56.5 Å². The third kappa shape index (κ3) is 2.54. The van der Waals surface area contributed by atoms with Crippen molar-refractivity contribution in [1.29, 1.82) is 0 Å². The molecule has 3 heterocycles. The first-order valence-corrected chi connectivity index (χ1v) is 9.37. The maximum absolute atomic E-state index is 13.3. The molecule has 1 aromatic heterocycles. The van der Waals surface area contributed by atoms with E-state index in [4.69, 9.17) is 4.52 Å². The van der Waals surface area contributed by atoms with E-state index in [1.165, 1.54) is 16.7 Å². The van der Waals surface area contributed by atoms with Crippen LogP contribution in [0.4, 0.5) is 10.5 Å². The molecule has 2 unspecified atom stereocenters. The molecule has 3 amide bonds. The van der Waals surface area contributed by atoms with Gasteiger partial charge in [0.1, 0.15) is 11.0 Å². The summed E-state index contributed by atoms with van der Waals surface area (Å²) in [5.41, 5.74) is 3.18. The minimum atomic E-state index is -0.326. The lowest BCUT2D eigenvalue weighted by atomic mass is 10.0. The van der Waals surface area contributed by atoms with Gasteiger partial charge in [0.25, 0.3) is 5.91 Å². The Balaban J connectivity index is 1.75. The fraction of sp³-hybridized carbons (Fsp3) is 0.316. The van der Waals surface area contributed by atoms with Gasteiger partial charge in [0.05, 0.1) is 24.0 Å². The SMILES string of the molecule is Cc1ccccc1N1C(=O)C2SC=CC2N(Cc2c(C)noc2C)C1=O. The zero-order valence-electron chi connectivity index (χ0n) is 14.8. The van der Waals surface area contributed by atoms with Crippen molar-refractivity contribution in [1.82, 2.24) is 10.1 Å². The van der Waals surface area contributed by atoms with Gasteiger partial charge in [-0.1, -0.05) is 29.4 Å². The van der Waals surface area contributed by atoms with Gasteiger partial charge in [-0.15, -0.1) is 11.8 Å². The van der Waals surface area contributed by atoms with E-state index in [1.54, 1.807) is 4.90 Å². The normalized spacial score (nSPS) is 22.3. The summed E-state index contributed by atoms with van der Waals surface area (Å²) in [6.07, 6.45) is 1.93. The summed E-state index contributed by atoms with van der Waals surface area (Å²) in [4.78, 5) is 29.4. The summed E-state index contributed by atoms with van der Waals surface area (Å²) in [7, 11) is 0. The molecule has 0 radical (unpaired) electrons. The van der Waals surface area contributed by atoms with Crippen molar-refractivity contribution < 1.29 is 14.1 Å². The largest absolute Gasteiger partial charge is 0.361 e. The number of thioether (sulfide) groups is 1. The Morgan fingerprint density at radius 2 is 1.96 bits per heavy atom. The molecule has 4 rings (SSSR count). The van der Waals surface area contributed by atoms with Crippen molar-refractivity contribution >= 4 is 29.4 Å². The lowest BCUT2D eigenvalue weighted by molar-refractivity contribution is -0.119. The molecule has 2 aliphatic heterocycles. The van der Waals surface area contributed by atoms with Crippen molar-refractivity contribution in [3.05, 3.63) is 58.3 Å². The first-order chi connectivity index (χ1) is 12.5. The maximum Gasteiger partial charge on any atom is 0.332 e. The standard InChI is InChI=1S/C19H19N3O3S/c1-11-6-4-5-7-15(11)22-18(23)17-16(8-9-26-17)21(19(22)24)10-14-12(2)20-25-13(14)3/h4-9,16-17H,10H2,1-3H3. The predicted octanol–water partition coefficient (Wildman–Crippen LogP) is 3.57. The van der Waals surface area contributed by atoms with Crippen LogP contribution in [0.1, 0.15) is 22.6 Å². The highest BCUT2D eigenvalue weighted by atomic mass is 32.2. The van der Waals surface area contributed by atoms with Crippen LogP contribution in [0.5, 0.6) is 0 Å². The molecule has 0 N–H and O–H groups in total. The summed E-state index contributed by atoms with van der Waals surface area (Å²) < 4.78 is 5.24. The van der Waals surface area contributed by atoms with Crippen LogP contribution < -0.4 is 4.90 Å². The lowest BCUT2D eigenvalue weighted by Crippen LogP contribution is -2.61. The zero-order chi connectivity index (χ0) is 18.4. The second-order valence-electron chi connectivity index (χ2n) is 6.55. The van der Waals surface area contributed by atoms with Crippen molar-refractivity contribution in [3.8, 4) is 0 Å². The second-order valence-corrected chi connectivity index (χ2v) is 7.60. The molecule has 0 spiro atoms. The quantitative estimate of drug-likeness (QED) is 0.827. The van der Waals surface area contributed by atoms with Crippen LogP contribution in [0.15, 0.2) is 40.3 Å². The summed E-state index contributed by atoms with van der Waals surface area (Å²) >= 11 is 1.46. The Bertz CT molecular complexity index is 901. The first-order valence-electron chi connectivity index (χ1n) is 8.43. The third-order valence-electron chi connectivity index (χ3n) is 4.94. The lowest BCUT2D eigenvalue weighted by Gasteiger charge is -2.41. The Hall–Kier alpha value is -2.54. The minimum Gasteiger partial charge on any atom is -0.361 e. The molecule has 2 aromatic rings. The number of hydrogen-bond donors (Lipinski definition) is 0. The number of carbonyl (C=O) groups excluding carboxylic acids is 2. The van der Waals surface area contributed by atoms with E-state index in [9.17, 15) is 9.59 Å². The molecule has 0 aliphatic carbocycles. The number of urea groups is 1. The van der Waals surface area contributed by atoms with E-state index in [-0.39, 0.29) is 23.2 Å². The van der Waals surface area contributed by atoms with E-state index in [0.29, 0.717) is 18.0 Å². The molecular weight excluding hydrogens is 350 g/mol. The number of fused-ring (bicyclic) bond motifs is 1. The number of anilines is 1. The summed E-state index contributed by atoms with van der Waals surface area (Å²) in [6, 6.07) is 6.89. The molecule has 1 fully saturated rings. The van der Waals surface area contributed by atoms with Gasteiger partial charge in [-0.05, 0) is 37.8 Å². The Kier molecular flexibility index (Phi) is 4.11. The average molecular weight is 369 g/mol. The fourth-order valence-corrected chi connectivity index (χ4v) is 4.49. The number of nitrogens with zero attached hydrogens (tertiary/aromatic N) is 3. The van der Waals surface area contributed by atoms with Crippen LogP contribution in [-0.4, -0.2) is 33.3 Å². The number of aromatic nitrogens is 1. The number of imide groups is 1. The predicted molar refractivity (Wildman–Crippen MR) is 99.9 cm³/mol. The molecule has 26 heavy (non-hydrogen) atoms. The van der Waals surface area contributed by atoms with Crippen LogP contribution in [0.3, 0.4) is 0 Å². The van der Waals surface area contributed by atoms with Gasteiger partial charge in [-0.25, -0.2) is 9.69 Å². The van der Waals surface area contributed by atoms with Crippen LogP contribution in [0, 0.1) is 20.8 Å². The van der Waals surface area contributed by atoms with Crippen molar-refractivity contribution in [2.24, 2.45) is 0 Å². The molecular formula is C19H19N3O3S. The van der Waals surface area contributed by atoms with Gasteiger partial charge in [-0.3, -0.25) is 4.79 Å². The van der Waals surface area contributed by atoms with E-state index in [0.717, 1.165) is 16.8 Å². The van der Waals surface area contributed by atoms with Crippen LogP contribution >= 0.6 is 11.8 Å². The highest BCUT2D eigenvalue weighted by Crippen LogP contribution is 2.38. The molecule has 7 heteroatoms. The fourth-order valence-electron chi connectivity index (χ4n) is 3.45. The van der Waals surface area contributed by atoms with Crippen molar-refractivity contribution in [3.63, 3.8) is 0 Å². The molecule has 0 saturated carbocycles. The minimum absolute atomic E-state index is 0.167. The highest BCUT2D eigenvalue weighted by Gasteiger charge is 2.48. The van der Waals surface area contributed by atoms with Gasteiger partial charge in [0.2, 0.25) is 0 Å². The maximum atomic E-state index is 13.3.